The Balaban J connectivity index is 1.62. The molecule has 1 fully saturated rings. The molecule has 2 aromatic rings. The molecule has 0 spiro atoms. The first-order chi connectivity index (χ1) is 13.6. The van der Waals surface area contributed by atoms with E-state index in [1.165, 1.54) is 40.6 Å². The van der Waals surface area contributed by atoms with Crippen LogP contribution in [0.1, 0.15) is 43.7 Å². The lowest BCUT2D eigenvalue weighted by molar-refractivity contribution is -0.916. The summed E-state index contributed by atoms with van der Waals surface area (Å²) in [5.74, 6) is 0.940. The van der Waals surface area contributed by atoms with Crippen LogP contribution < -0.4 is 10.2 Å². The number of carbonyl (C=O) groups is 1. The number of amides is 1. The number of rotatable bonds is 9. The van der Waals surface area contributed by atoms with Crippen molar-refractivity contribution in [2.75, 3.05) is 17.6 Å². The van der Waals surface area contributed by atoms with E-state index < -0.39 is 0 Å². The summed E-state index contributed by atoms with van der Waals surface area (Å²) in [6, 6.07) is 19.2. The lowest BCUT2D eigenvalue weighted by Gasteiger charge is -2.19. The van der Waals surface area contributed by atoms with Crippen LogP contribution in [0.25, 0.3) is 0 Å². The molecule has 0 radical (unpaired) electrons. The zero-order valence-electron chi connectivity index (χ0n) is 16.6. The van der Waals surface area contributed by atoms with E-state index in [0.29, 0.717) is 24.3 Å². The lowest BCUT2D eigenvalue weighted by Crippen LogP contribution is -3.13. The summed E-state index contributed by atoms with van der Waals surface area (Å²) >= 11 is 1.45. The molecule has 2 aromatic carbocycles. The van der Waals surface area contributed by atoms with Gasteiger partial charge in [-0.1, -0.05) is 50.2 Å². The summed E-state index contributed by atoms with van der Waals surface area (Å²) in [6.45, 7) is 5.75. The summed E-state index contributed by atoms with van der Waals surface area (Å²) in [5.41, 5.74) is 3.43. The fraction of sp³-hybridized carbons (Fsp3) is 0.391. The van der Waals surface area contributed by atoms with Crippen LogP contribution in [0.4, 0.5) is 5.69 Å². The summed E-state index contributed by atoms with van der Waals surface area (Å²) in [5, 5.41) is 11.9. The number of hydrogen-bond donors (Lipinski definition) is 2. The summed E-state index contributed by atoms with van der Waals surface area (Å²) < 4.78 is 0. The van der Waals surface area contributed by atoms with E-state index in [4.69, 9.17) is 5.26 Å². The van der Waals surface area contributed by atoms with E-state index in [0.717, 1.165) is 17.1 Å². The van der Waals surface area contributed by atoms with Crippen molar-refractivity contribution in [2.24, 2.45) is 0 Å². The minimum absolute atomic E-state index is 0.0331. The van der Waals surface area contributed by atoms with Gasteiger partial charge in [0.1, 0.15) is 6.54 Å². The van der Waals surface area contributed by atoms with Gasteiger partial charge >= 0.3 is 0 Å². The van der Waals surface area contributed by atoms with Crippen molar-refractivity contribution in [3.05, 3.63) is 59.7 Å². The van der Waals surface area contributed by atoms with Gasteiger partial charge in [-0.3, -0.25) is 4.79 Å². The molecule has 0 aliphatic heterocycles. The Hall–Kier alpha value is -2.29. The molecule has 5 heteroatoms. The van der Waals surface area contributed by atoms with Gasteiger partial charge in [-0.05, 0) is 23.6 Å². The highest BCUT2D eigenvalue weighted by atomic mass is 32.2. The minimum Gasteiger partial charge on any atom is -0.321 e. The first-order valence-corrected chi connectivity index (χ1v) is 10.9. The van der Waals surface area contributed by atoms with Crippen molar-refractivity contribution in [1.82, 2.24) is 0 Å². The highest BCUT2D eigenvalue weighted by Crippen LogP contribution is 2.26. The molecule has 28 heavy (non-hydrogen) atoms. The van der Waals surface area contributed by atoms with Crippen molar-refractivity contribution in [3.8, 4) is 6.07 Å². The van der Waals surface area contributed by atoms with E-state index in [2.05, 4.69) is 49.5 Å². The molecule has 0 aromatic heterocycles. The molecule has 1 aliphatic rings. The maximum atomic E-state index is 12.7. The molecule has 1 saturated carbocycles. The van der Waals surface area contributed by atoms with Gasteiger partial charge in [-0.2, -0.15) is 5.26 Å². The third-order valence-electron chi connectivity index (χ3n) is 5.07. The minimum atomic E-state index is 0.0331. The van der Waals surface area contributed by atoms with E-state index in [-0.39, 0.29) is 5.91 Å². The van der Waals surface area contributed by atoms with Crippen molar-refractivity contribution in [1.29, 1.82) is 5.26 Å². The standard InChI is InChI=1S/C23H27N3OS/c1-17(2)19-9-7-18(8-10-19)15-26(20-11-12-20)16-23(27)25-21-5-3-4-6-22(21)28-14-13-24/h3-10,17,20H,11-12,14-16H2,1-2H3,(H,25,27)/p+1. The van der Waals surface area contributed by atoms with E-state index in [1.54, 1.807) is 0 Å². The van der Waals surface area contributed by atoms with Crippen LogP contribution in [0.5, 0.6) is 0 Å². The number of quaternary nitrogens is 1. The molecule has 0 heterocycles. The van der Waals surface area contributed by atoms with Crippen LogP contribution in [0.2, 0.25) is 0 Å². The fourth-order valence-corrected chi connectivity index (χ4v) is 4.00. The Morgan fingerprint density at radius 1 is 1.21 bits per heavy atom. The van der Waals surface area contributed by atoms with E-state index >= 15 is 0 Å². The number of thioether (sulfide) groups is 1. The number of nitrogens with zero attached hydrogens (tertiary/aromatic N) is 1. The molecular weight excluding hydrogens is 366 g/mol. The average Bonchev–Trinajstić information content (AvgIpc) is 3.52. The van der Waals surface area contributed by atoms with Crippen molar-refractivity contribution < 1.29 is 9.69 Å². The second kappa shape index (κ2) is 9.77. The van der Waals surface area contributed by atoms with E-state index in [9.17, 15) is 4.79 Å². The van der Waals surface area contributed by atoms with Crippen LogP contribution in [0, 0.1) is 11.3 Å². The second-order valence-electron chi connectivity index (χ2n) is 7.67. The number of nitriles is 1. The van der Waals surface area contributed by atoms with Gasteiger partial charge in [-0.15, -0.1) is 11.8 Å². The SMILES string of the molecule is CC(C)c1ccc(C[NH+](CC(=O)Nc2ccccc2SCC#N)C2CC2)cc1. The van der Waals surface area contributed by atoms with Gasteiger partial charge in [0.15, 0.2) is 6.54 Å². The van der Waals surface area contributed by atoms with E-state index in [1.807, 2.05) is 24.3 Å². The normalized spacial score (nSPS) is 14.5. The molecule has 0 saturated heterocycles. The van der Waals surface area contributed by atoms with Gasteiger partial charge in [0.2, 0.25) is 0 Å². The topological polar surface area (TPSA) is 57.3 Å². The first-order valence-electron chi connectivity index (χ1n) is 9.89. The Labute approximate surface area is 171 Å². The van der Waals surface area contributed by atoms with Gasteiger partial charge in [0.05, 0.1) is 23.6 Å². The first kappa shape index (κ1) is 20.4. The number of nitrogens with one attached hydrogen (secondary N) is 2. The third-order valence-corrected chi connectivity index (χ3v) is 6.01. The summed E-state index contributed by atoms with van der Waals surface area (Å²) in [6.07, 6.45) is 2.39. The fourth-order valence-electron chi connectivity index (χ4n) is 3.33. The Morgan fingerprint density at radius 2 is 1.93 bits per heavy atom. The van der Waals surface area contributed by atoms with Crippen LogP contribution in [-0.2, 0) is 11.3 Å². The molecule has 146 valence electrons. The number of hydrogen-bond acceptors (Lipinski definition) is 3. The van der Waals surface area contributed by atoms with Gasteiger partial charge < -0.3 is 10.2 Å². The predicted molar refractivity (Wildman–Crippen MR) is 114 cm³/mol. The molecular formula is C23H28N3OS+. The van der Waals surface area contributed by atoms with Crippen molar-refractivity contribution >= 4 is 23.4 Å². The number of anilines is 1. The van der Waals surface area contributed by atoms with Gasteiger partial charge in [0.25, 0.3) is 5.91 Å². The molecule has 0 bridgehead atoms. The Kier molecular flexibility index (Phi) is 7.13. The molecule has 1 amide bonds. The molecule has 3 rings (SSSR count). The average molecular weight is 395 g/mol. The zero-order chi connectivity index (χ0) is 19.9. The largest absolute Gasteiger partial charge is 0.321 e. The number of carbonyl (C=O) groups excluding carboxylic acids is 1. The monoisotopic (exact) mass is 394 g/mol. The smallest absolute Gasteiger partial charge is 0.279 e. The molecule has 1 unspecified atom stereocenters. The molecule has 1 atom stereocenters. The summed E-state index contributed by atoms with van der Waals surface area (Å²) in [7, 11) is 0. The third kappa shape index (κ3) is 5.85. The van der Waals surface area contributed by atoms with Crippen molar-refractivity contribution in [3.63, 3.8) is 0 Å². The van der Waals surface area contributed by atoms with Crippen molar-refractivity contribution in [2.45, 2.75) is 50.1 Å². The maximum absolute atomic E-state index is 12.7. The van der Waals surface area contributed by atoms with Crippen LogP contribution in [0.3, 0.4) is 0 Å². The predicted octanol–water partition coefficient (Wildman–Crippen LogP) is 3.61. The molecule has 4 nitrogen and oxygen atoms in total. The zero-order valence-corrected chi connectivity index (χ0v) is 17.4. The van der Waals surface area contributed by atoms with Crippen LogP contribution in [0.15, 0.2) is 53.4 Å². The molecule has 2 N–H and O–H groups in total. The Morgan fingerprint density at radius 3 is 2.57 bits per heavy atom. The second-order valence-corrected chi connectivity index (χ2v) is 8.69. The van der Waals surface area contributed by atoms with Gasteiger partial charge in [-0.25, -0.2) is 0 Å². The van der Waals surface area contributed by atoms with Gasteiger partial charge in [0, 0.05) is 23.3 Å². The quantitative estimate of drug-likeness (QED) is 0.639. The van der Waals surface area contributed by atoms with Crippen LogP contribution in [-0.4, -0.2) is 24.2 Å². The summed E-state index contributed by atoms with van der Waals surface area (Å²) in [4.78, 5) is 15.0. The van der Waals surface area contributed by atoms with Crippen LogP contribution >= 0.6 is 11.8 Å². The highest BCUT2D eigenvalue weighted by molar-refractivity contribution is 7.99. The number of para-hydroxylation sites is 1. The molecule has 1 aliphatic carbocycles. The Bertz CT molecular complexity index is 838. The number of benzene rings is 2. The lowest BCUT2D eigenvalue weighted by atomic mass is 10.0. The highest BCUT2D eigenvalue weighted by Gasteiger charge is 2.34. The maximum Gasteiger partial charge on any atom is 0.279 e.